The van der Waals surface area contributed by atoms with Crippen LogP contribution < -0.4 is 9.47 Å². The molecule has 0 bridgehead atoms. The minimum Gasteiger partial charge on any atom is -0.497 e. The van der Waals surface area contributed by atoms with E-state index in [9.17, 15) is 0 Å². The Morgan fingerprint density at radius 3 is 2.21 bits per heavy atom. The van der Waals surface area contributed by atoms with E-state index in [-0.39, 0.29) is 0 Å². The van der Waals surface area contributed by atoms with E-state index in [2.05, 4.69) is 13.5 Å². The smallest absolute Gasteiger partial charge is 0.119 e. The van der Waals surface area contributed by atoms with Gasteiger partial charge < -0.3 is 9.47 Å². The van der Waals surface area contributed by atoms with E-state index in [1.165, 1.54) is 57.0 Å². The molecule has 0 atom stereocenters. The highest BCUT2D eigenvalue weighted by molar-refractivity contribution is 6.78. The minimum absolute atomic E-state index is 0.757. The first-order chi connectivity index (χ1) is 11.6. The van der Waals surface area contributed by atoms with Crippen LogP contribution in [0.5, 0.6) is 11.5 Å². The van der Waals surface area contributed by atoms with Crippen molar-refractivity contribution < 1.29 is 9.47 Å². The fourth-order valence-electron chi connectivity index (χ4n) is 3.83. The third kappa shape index (κ3) is 6.50. The van der Waals surface area contributed by atoms with Gasteiger partial charge in [-0.1, -0.05) is 63.7 Å². The predicted molar refractivity (Wildman–Crippen MR) is 106 cm³/mol. The van der Waals surface area contributed by atoms with E-state index >= 15 is 0 Å². The van der Waals surface area contributed by atoms with Crippen molar-refractivity contribution in [1.29, 1.82) is 0 Å². The second-order valence-electron chi connectivity index (χ2n) is 7.90. The Kier molecular flexibility index (Phi) is 8.17. The van der Waals surface area contributed by atoms with E-state index in [0.717, 1.165) is 24.0 Å². The molecule has 24 heavy (non-hydrogen) atoms. The van der Waals surface area contributed by atoms with Crippen molar-refractivity contribution in [2.75, 3.05) is 13.7 Å². The predicted octanol–water partition coefficient (Wildman–Crippen LogP) is 6.53. The van der Waals surface area contributed by atoms with Crippen LogP contribution in [0, 0.1) is 5.92 Å². The van der Waals surface area contributed by atoms with Gasteiger partial charge in [0.1, 0.15) is 11.5 Å². The Bertz CT molecular complexity index is 449. The van der Waals surface area contributed by atoms with Crippen molar-refractivity contribution in [2.45, 2.75) is 76.5 Å². The summed E-state index contributed by atoms with van der Waals surface area (Å²) in [6, 6.07) is 12.5. The largest absolute Gasteiger partial charge is 0.497 e. The third-order valence-corrected chi connectivity index (χ3v) is 10.3. The molecule has 1 saturated heterocycles. The molecule has 1 aromatic carbocycles. The monoisotopic (exact) mass is 348 g/mol. The molecule has 2 rings (SSSR count). The lowest BCUT2D eigenvalue weighted by Gasteiger charge is -2.35. The van der Waals surface area contributed by atoms with E-state index in [1.54, 1.807) is 13.2 Å². The van der Waals surface area contributed by atoms with Crippen LogP contribution in [-0.4, -0.2) is 21.8 Å². The van der Waals surface area contributed by atoms with Gasteiger partial charge in [0.05, 0.1) is 21.8 Å². The molecule has 1 aromatic rings. The number of methoxy groups -OCH3 is 1. The quantitative estimate of drug-likeness (QED) is 0.353. The Labute approximate surface area is 150 Å². The molecule has 1 fully saturated rings. The lowest BCUT2D eigenvalue weighted by Crippen LogP contribution is -2.36. The van der Waals surface area contributed by atoms with Crippen LogP contribution in [0.3, 0.4) is 0 Å². The molecule has 0 N–H and O–H groups in total. The van der Waals surface area contributed by atoms with Gasteiger partial charge in [0.2, 0.25) is 0 Å². The summed E-state index contributed by atoms with van der Waals surface area (Å²) in [4.78, 5) is 0. The van der Waals surface area contributed by atoms with E-state index < -0.39 is 8.07 Å². The first-order valence-corrected chi connectivity index (χ1v) is 13.0. The summed E-state index contributed by atoms with van der Waals surface area (Å²) in [6.07, 6.45) is 9.92. The molecule has 0 aromatic heterocycles. The number of ether oxygens (including phenoxy) is 2. The SMILES string of the molecule is CCCCCCC[Si@]1(C)CC[C@@H](COc2ccc(OC)cc2)CC1. The highest BCUT2D eigenvalue weighted by Gasteiger charge is 2.32. The molecule has 0 aliphatic carbocycles. The molecule has 1 aliphatic rings. The van der Waals surface area contributed by atoms with Crippen molar-refractivity contribution in [3.05, 3.63) is 24.3 Å². The summed E-state index contributed by atoms with van der Waals surface area (Å²) in [7, 11) is 0.766. The van der Waals surface area contributed by atoms with Crippen LogP contribution >= 0.6 is 0 Å². The zero-order valence-corrected chi connectivity index (χ0v) is 17.0. The van der Waals surface area contributed by atoms with Crippen molar-refractivity contribution in [1.82, 2.24) is 0 Å². The van der Waals surface area contributed by atoms with Crippen LogP contribution in [-0.2, 0) is 0 Å². The molecule has 1 heterocycles. The molecule has 0 saturated carbocycles. The normalized spacial score (nSPS) is 23.9. The first kappa shape index (κ1) is 19.4. The van der Waals surface area contributed by atoms with Gasteiger partial charge in [0.15, 0.2) is 0 Å². The van der Waals surface area contributed by atoms with Crippen LogP contribution in [0.25, 0.3) is 0 Å². The van der Waals surface area contributed by atoms with Gasteiger partial charge in [0.25, 0.3) is 0 Å². The summed E-state index contributed by atoms with van der Waals surface area (Å²) in [5, 5.41) is 0. The molecule has 3 heteroatoms. The minimum atomic E-state index is -0.931. The molecule has 0 radical (unpaired) electrons. The molecule has 1 aliphatic heterocycles. The highest BCUT2D eigenvalue weighted by Crippen LogP contribution is 2.36. The van der Waals surface area contributed by atoms with Crippen molar-refractivity contribution in [2.24, 2.45) is 5.92 Å². The summed E-state index contributed by atoms with van der Waals surface area (Å²) in [5.41, 5.74) is 0. The maximum atomic E-state index is 6.00. The van der Waals surface area contributed by atoms with Gasteiger partial charge in [0, 0.05) is 0 Å². The van der Waals surface area contributed by atoms with Crippen molar-refractivity contribution in [3.8, 4) is 11.5 Å². The standard InChI is InChI=1S/C21H36O2Si/c1-4-5-6-7-8-15-24(3)16-13-19(14-17-24)18-23-21-11-9-20(22-2)10-12-21/h9-12,19H,4-8,13-18H2,1-3H3/t19-,24-. The average Bonchev–Trinajstić information content (AvgIpc) is 2.61. The highest BCUT2D eigenvalue weighted by atomic mass is 28.3. The van der Waals surface area contributed by atoms with Gasteiger partial charge >= 0.3 is 0 Å². The molecule has 0 spiro atoms. The Morgan fingerprint density at radius 1 is 0.958 bits per heavy atom. The second-order valence-corrected chi connectivity index (χ2v) is 13.0. The molecule has 2 nitrogen and oxygen atoms in total. The second kappa shape index (κ2) is 10.1. The van der Waals surface area contributed by atoms with Crippen LogP contribution in [0.2, 0.25) is 24.7 Å². The zero-order valence-electron chi connectivity index (χ0n) is 16.0. The number of benzene rings is 1. The van der Waals surface area contributed by atoms with Gasteiger partial charge in [-0.05, 0) is 43.0 Å². The van der Waals surface area contributed by atoms with Crippen molar-refractivity contribution >= 4 is 8.07 Å². The number of rotatable bonds is 10. The van der Waals surface area contributed by atoms with Crippen LogP contribution in [0.15, 0.2) is 24.3 Å². The van der Waals surface area contributed by atoms with Gasteiger partial charge in [-0.2, -0.15) is 0 Å². The van der Waals surface area contributed by atoms with Gasteiger partial charge in [-0.3, -0.25) is 0 Å². The molecular weight excluding hydrogens is 312 g/mol. The van der Waals surface area contributed by atoms with Gasteiger partial charge in [-0.15, -0.1) is 0 Å². The lowest BCUT2D eigenvalue weighted by molar-refractivity contribution is 0.235. The third-order valence-electron chi connectivity index (χ3n) is 5.74. The van der Waals surface area contributed by atoms with Crippen molar-refractivity contribution in [3.63, 3.8) is 0 Å². The fraction of sp³-hybridized carbons (Fsp3) is 0.714. The average molecular weight is 349 g/mol. The van der Waals surface area contributed by atoms with E-state index in [1.807, 2.05) is 24.3 Å². The summed E-state index contributed by atoms with van der Waals surface area (Å²) < 4.78 is 11.2. The first-order valence-electron chi connectivity index (χ1n) is 9.92. The van der Waals surface area contributed by atoms with E-state index in [4.69, 9.17) is 9.47 Å². The topological polar surface area (TPSA) is 18.5 Å². The van der Waals surface area contributed by atoms with Crippen LogP contribution in [0.4, 0.5) is 0 Å². The zero-order chi connectivity index (χ0) is 17.3. The summed E-state index contributed by atoms with van der Waals surface area (Å²) >= 11 is 0. The summed E-state index contributed by atoms with van der Waals surface area (Å²) in [5.74, 6) is 2.62. The molecule has 0 unspecified atom stereocenters. The Balaban J connectivity index is 1.64. The number of hydrogen-bond donors (Lipinski definition) is 0. The molecule has 0 amide bonds. The van der Waals surface area contributed by atoms with Crippen LogP contribution in [0.1, 0.15) is 51.9 Å². The maximum absolute atomic E-state index is 6.00. The maximum Gasteiger partial charge on any atom is 0.119 e. The lowest BCUT2D eigenvalue weighted by atomic mass is 10.0. The van der Waals surface area contributed by atoms with Gasteiger partial charge in [-0.25, -0.2) is 0 Å². The summed E-state index contributed by atoms with van der Waals surface area (Å²) in [6.45, 7) is 5.83. The van der Waals surface area contributed by atoms with E-state index in [0.29, 0.717) is 0 Å². The fourth-order valence-corrected chi connectivity index (χ4v) is 7.90. The Hall–Kier alpha value is -0.963. The number of hydrogen-bond acceptors (Lipinski definition) is 2. The Morgan fingerprint density at radius 2 is 1.58 bits per heavy atom. The number of unbranched alkanes of at least 4 members (excludes halogenated alkanes) is 4. The molecular formula is C21H36O2Si. The molecule has 136 valence electrons.